The molecule has 0 aliphatic rings. The zero-order chi connectivity index (χ0) is 27.3. The average molecular weight is 536 g/mol. The Bertz CT molecular complexity index is 808. The third-order valence-corrected chi connectivity index (χ3v) is 5.51. The number of hydrogen-bond donors (Lipinski definition) is 11. The van der Waals surface area contributed by atoms with Gasteiger partial charge in [0.05, 0.1) is 31.5 Å². The van der Waals surface area contributed by atoms with Crippen molar-refractivity contribution in [2.45, 2.75) is 42.4 Å². The lowest BCUT2D eigenvalue weighted by Gasteiger charge is -2.30. The maximum atomic E-state index is 10.4. The van der Waals surface area contributed by atoms with Crippen molar-refractivity contribution >= 4 is 12.6 Å². The maximum absolute atomic E-state index is 10.4. The second kappa shape index (κ2) is 16.8. The number of ether oxygens (including phenoxy) is 1. The minimum Gasteiger partial charge on any atom is -0.510 e. The molecule has 0 aliphatic heterocycles. The van der Waals surface area contributed by atoms with Crippen LogP contribution in [-0.2, 0) is 5.75 Å². The normalized spacial score (nSPS) is 17.9. The molecule has 0 heterocycles. The maximum Gasteiger partial charge on any atom is 0.138 e. The van der Waals surface area contributed by atoms with E-state index in [4.69, 9.17) is 14.9 Å². The Morgan fingerprint density at radius 2 is 1.47 bits per heavy atom. The van der Waals surface area contributed by atoms with E-state index in [1.165, 1.54) is 4.90 Å². The fourth-order valence-electron chi connectivity index (χ4n) is 3.01. The Balaban J connectivity index is 2.89. The van der Waals surface area contributed by atoms with Gasteiger partial charge in [-0.15, -0.1) is 0 Å². The van der Waals surface area contributed by atoms with Crippen LogP contribution in [0.2, 0.25) is 0 Å². The van der Waals surface area contributed by atoms with Gasteiger partial charge in [0.15, 0.2) is 0 Å². The van der Waals surface area contributed by atoms with Crippen LogP contribution in [-0.4, -0.2) is 132 Å². The molecule has 12 nitrogen and oxygen atoms in total. The highest BCUT2D eigenvalue weighted by atomic mass is 32.1. The van der Waals surface area contributed by atoms with Gasteiger partial charge in [0, 0.05) is 25.4 Å². The van der Waals surface area contributed by atoms with Crippen LogP contribution in [0, 0.1) is 0 Å². The second-order valence-corrected chi connectivity index (χ2v) is 8.43. The van der Waals surface area contributed by atoms with Gasteiger partial charge in [-0.05, 0) is 29.8 Å². The Morgan fingerprint density at radius 1 is 0.861 bits per heavy atom. The van der Waals surface area contributed by atoms with Gasteiger partial charge in [0.2, 0.25) is 0 Å². The number of aliphatic hydroxyl groups excluding tert-OH is 10. The van der Waals surface area contributed by atoms with Crippen molar-refractivity contribution in [1.82, 2.24) is 4.90 Å². The molecule has 0 radical (unpaired) electrons. The summed E-state index contributed by atoms with van der Waals surface area (Å²) in [6.07, 6.45) is -8.16. The summed E-state index contributed by atoms with van der Waals surface area (Å²) in [5, 5.41) is 97.0. The van der Waals surface area contributed by atoms with Crippen molar-refractivity contribution in [2.75, 3.05) is 39.5 Å². The molecule has 0 unspecified atom stereocenters. The zero-order valence-electron chi connectivity index (χ0n) is 19.7. The minimum absolute atomic E-state index is 0.0707. The minimum atomic E-state index is -1.82. The van der Waals surface area contributed by atoms with Crippen molar-refractivity contribution in [1.29, 1.82) is 0 Å². The van der Waals surface area contributed by atoms with E-state index in [1.807, 2.05) is 12.1 Å². The largest absolute Gasteiger partial charge is 0.510 e. The molecule has 6 atom stereocenters. The monoisotopic (exact) mass is 535 g/mol. The van der Waals surface area contributed by atoms with Crippen LogP contribution in [0.1, 0.15) is 5.56 Å². The summed E-state index contributed by atoms with van der Waals surface area (Å²) >= 11 is 4.18. The summed E-state index contributed by atoms with van der Waals surface area (Å²) in [6.45, 7) is -1.97. The smallest absolute Gasteiger partial charge is 0.138 e. The highest BCUT2D eigenvalue weighted by Crippen LogP contribution is 2.14. The summed E-state index contributed by atoms with van der Waals surface area (Å²) in [7, 11) is 0. The van der Waals surface area contributed by atoms with Gasteiger partial charge in [0.25, 0.3) is 0 Å². The number of benzene rings is 1. The van der Waals surface area contributed by atoms with Gasteiger partial charge >= 0.3 is 0 Å². The molecule has 0 fully saturated rings. The Hall–Kier alpha value is -1.91. The standard InChI is InChI=1S/C23H37NO11S/c25-11-15(27)7-19(30)23(34)21(32)10-24(5-6-35-16-3-1-14(13-36)2-4-16)9-20(31)17(28)8-18(29)22(33)12-26/h1-4,7-8,15,17,20-23,25-34,36H,5-6,9-13H2/t15-,17-,20-,21-,22+,23-/m0/s1. The Morgan fingerprint density at radius 3 is 2.03 bits per heavy atom. The average Bonchev–Trinajstić information content (AvgIpc) is 2.87. The summed E-state index contributed by atoms with van der Waals surface area (Å²) in [6, 6.07) is 7.14. The lowest BCUT2D eigenvalue weighted by atomic mass is 10.1. The molecule has 0 bridgehead atoms. The van der Waals surface area contributed by atoms with Crippen molar-refractivity contribution in [2.24, 2.45) is 0 Å². The van der Waals surface area contributed by atoms with Gasteiger partial charge in [-0.2, -0.15) is 12.6 Å². The van der Waals surface area contributed by atoms with E-state index in [1.54, 1.807) is 12.1 Å². The van der Waals surface area contributed by atoms with Crippen molar-refractivity contribution in [3.05, 3.63) is 53.5 Å². The summed E-state index contributed by atoms with van der Waals surface area (Å²) < 4.78 is 5.66. The molecule has 13 heteroatoms. The number of hydrogen-bond acceptors (Lipinski definition) is 13. The number of aliphatic hydroxyl groups is 10. The fourth-order valence-corrected chi connectivity index (χ4v) is 3.22. The number of thiol groups is 1. The SMILES string of the molecule is OC[C@@H](O)C(O)=C[C@H](O)[C@@H](O)CN(CCOc1ccc(CS)cc1)C[C@H](O)[C@@H](O)C(O)=C[C@H](O)CO. The van der Waals surface area contributed by atoms with E-state index in [0.29, 0.717) is 11.5 Å². The summed E-state index contributed by atoms with van der Waals surface area (Å²) in [4.78, 5) is 1.41. The van der Waals surface area contributed by atoms with Gasteiger partial charge in [-0.1, -0.05) is 12.1 Å². The molecular weight excluding hydrogens is 498 g/mol. The lowest BCUT2D eigenvalue weighted by molar-refractivity contribution is -0.0261. The molecule has 36 heavy (non-hydrogen) atoms. The van der Waals surface area contributed by atoms with Gasteiger partial charge in [0.1, 0.15) is 42.2 Å². The molecule has 0 amide bonds. The van der Waals surface area contributed by atoms with Crippen LogP contribution in [0.25, 0.3) is 0 Å². The van der Waals surface area contributed by atoms with E-state index in [-0.39, 0.29) is 26.2 Å². The van der Waals surface area contributed by atoms with Gasteiger partial charge < -0.3 is 55.8 Å². The number of rotatable bonds is 17. The van der Waals surface area contributed by atoms with E-state index in [9.17, 15) is 40.9 Å². The highest BCUT2D eigenvalue weighted by molar-refractivity contribution is 7.79. The highest BCUT2D eigenvalue weighted by Gasteiger charge is 2.26. The molecule has 10 N–H and O–H groups in total. The molecule has 0 aromatic heterocycles. The van der Waals surface area contributed by atoms with Crippen LogP contribution in [0.4, 0.5) is 0 Å². The van der Waals surface area contributed by atoms with E-state index in [2.05, 4.69) is 12.6 Å². The molecule has 0 saturated carbocycles. The summed E-state index contributed by atoms with van der Waals surface area (Å²) in [5.41, 5.74) is 0.989. The van der Waals surface area contributed by atoms with Crippen molar-refractivity contribution < 1.29 is 55.8 Å². The van der Waals surface area contributed by atoms with E-state index < -0.39 is 61.4 Å². The lowest BCUT2D eigenvalue weighted by Crippen LogP contribution is -2.46. The van der Waals surface area contributed by atoms with Crippen molar-refractivity contribution in [3.8, 4) is 5.75 Å². The predicted molar refractivity (Wildman–Crippen MR) is 133 cm³/mol. The molecule has 206 valence electrons. The fraction of sp³-hybridized carbons (Fsp3) is 0.565. The molecular formula is C23H37NO11S. The van der Waals surface area contributed by atoms with Crippen LogP contribution < -0.4 is 4.74 Å². The Kier molecular flexibility index (Phi) is 15.0. The molecule has 0 aliphatic carbocycles. The molecule has 1 aromatic carbocycles. The van der Waals surface area contributed by atoms with E-state index in [0.717, 1.165) is 17.7 Å². The molecule has 0 spiro atoms. The first-order valence-electron chi connectivity index (χ1n) is 11.2. The van der Waals surface area contributed by atoms with E-state index >= 15 is 0 Å². The first kappa shape index (κ1) is 32.1. The van der Waals surface area contributed by atoms with Crippen LogP contribution in [0.15, 0.2) is 47.9 Å². The topological polar surface area (TPSA) is 215 Å². The van der Waals surface area contributed by atoms with Crippen molar-refractivity contribution in [3.63, 3.8) is 0 Å². The van der Waals surface area contributed by atoms with Crippen LogP contribution in [0.5, 0.6) is 5.75 Å². The van der Waals surface area contributed by atoms with Crippen LogP contribution >= 0.6 is 12.6 Å². The van der Waals surface area contributed by atoms with Gasteiger partial charge in [-0.3, -0.25) is 4.90 Å². The molecule has 1 rings (SSSR count). The first-order valence-corrected chi connectivity index (χ1v) is 11.8. The predicted octanol–water partition coefficient (Wildman–Crippen LogP) is -2.17. The third-order valence-electron chi connectivity index (χ3n) is 5.14. The molecule has 1 aromatic rings. The van der Waals surface area contributed by atoms with Crippen LogP contribution in [0.3, 0.4) is 0 Å². The third kappa shape index (κ3) is 11.4. The molecule has 0 saturated heterocycles. The van der Waals surface area contributed by atoms with Gasteiger partial charge in [-0.25, -0.2) is 0 Å². The number of nitrogens with zero attached hydrogens (tertiary/aromatic N) is 1. The first-order chi connectivity index (χ1) is 17.0. The second-order valence-electron chi connectivity index (χ2n) is 8.11. The zero-order valence-corrected chi connectivity index (χ0v) is 20.5. The quantitative estimate of drug-likeness (QED) is 0.0759. The Labute approximate surface area is 214 Å². The summed E-state index contributed by atoms with van der Waals surface area (Å²) in [5.74, 6) is -0.400.